The predicted molar refractivity (Wildman–Crippen MR) is 82.3 cm³/mol. The number of azide groups is 1. The number of carbonyl (C=O) groups is 2. The molecule has 10 nitrogen and oxygen atoms in total. The largest absolute Gasteiger partial charge is 0.491 e. The third-order valence-corrected chi connectivity index (χ3v) is 2.72. The quantitative estimate of drug-likeness (QED) is 0.302. The average molecular weight is 338 g/mol. The van der Waals surface area contributed by atoms with Gasteiger partial charge >= 0.3 is 5.97 Å². The molecule has 3 N–H and O–H groups in total. The summed E-state index contributed by atoms with van der Waals surface area (Å²) in [4.78, 5) is 24.9. The number of aliphatic carboxylic acids is 1. The van der Waals surface area contributed by atoms with Gasteiger partial charge in [-0.3, -0.25) is 4.79 Å². The summed E-state index contributed by atoms with van der Waals surface area (Å²) in [6.45, 7) is -0.547. The summed E-state index contributed by atoms with van der Waals surface area (Å²) in [5.41, 5.74) is 8.86. The maximum Gasteiger partial charge on any atom is 0.328 e. The molecule has 0 spiro atoms. The van der Waals surface area contributed by atoms with Gasteiger partial charge in [-0.25, -0.2) is 4.79 Å². The van der Waals surface area contributed by atoms with Crippen molar-refractivity contribution in [1.29, 1.82) is 0 Å². The fourth-order valence-electron chi connectivity index (χ4n) is 1.69. The Hall–Kier alpha value is -2.81. The molecule has 0 fully saturated rings. The zero-order chi connectivity index (χ0) is 17.8. The van der Waals surface area contributed by atoms with E-state index in [4.69, 9.17) is 25.2 Å². The highest BCUT2D eigenvalue weighted by molar-refractivity contribution is 5.84. The molecule has 0 radical (unpaired) electrons. The second-order valence-corrected chi connectivity index (χ2v) is 4.58. The Morgan fingerprint density at radius 3 is 2.88 bits per heavy atom. The standard InChI is InChI=1S/C14H18N4O6/c15-18-16-7-13(20)17-12(14(21)22)9-23-8-10-2-1-3-11(6-10)24-5-4-19/h1-3,6,12,19H,4-5,7-9H2,(H,17,20)(H,21,22). The number of benzene rings is 1. The molecule has 0 aliphatic rings. The highest BCUT2D eigenvalue weighted by Crippen LogP contribution is 2.14. The maximum atomic E-state index is 11.4. The minimum Gasteiger partial charge on any atom is -0.491 e. The van der Waals surface area contributed by atoms with Gasteiger partial charge in [0, 0.05) is 4.91 Å². The number of carbonyl (C=O) groups excluding carboxylic acids is 1. The molecule has 1 unspecified atom stereocenters. The van der Waals surface area contributed by atoms with Gasteiger partial charge in [0.25, 0.3) is 0 Å². The van der Waals surface area contributed by atoms with Crippen LogP contribution in [0.1, 0.15) is 5.56 Å². The molecule has 1 aromatic rings. The van der Waals surface area contributed by atoms with E-state index in [0.29, 0.717) is 5.75 Å². The zero-order valence-corrected chi connectivity index (χ0v) is 12.8. The van der Waals surface area contributed by atoms with Gasteiger partial charge in [-0.2, -0.15) is 0 Å². The Kier molecular flexibility index (Phi) is 8.69. The number of amides is 1. The number of nitrogens with one attached hydrogen (secondary N) is 1. The van der Waals surface area contributed by atoms with Crippen LogP contribution in [0.15, 0.2) is 29.4 Å². The van der Waals surface area contributed by atoms with E-state index in [1.54, 1.807) is 24.3 Å². The fourth-order valence-corrected chi connectivity index (χ4v) is 1.69. The van der Waals surface area contributed by atoms with Crippen LogP contribution in [0.5, 0.6) is 5.75 Å². The van der Waals surface area contributed by atoms with E-state index in [1.165, 1.54) is 0 Å². The number of carboxylic acid groups (broad SMARTS) is 1. The first-order valence-corrected chi connectivity index (χ1v) is 7.00. The Labute approximate surface area is 137 Å². The van der Waals surface area contributed by atoms with Crippen molar-refractivity contribution in [2.24, 2.45) is 5.11 Å². The number of hydrogen-bond acceptors (Lipinski definition) is 6. The lowest BCUT2D eigenvalue weighted by Gasteiger charge is -2.14. The van der Waals surface area contributed by atoms with Crippen LogP contribution in [-0.2, 0) is 20.9 Å². The average Bonchev–Trinajstić information content (AvgIpc) is 2.57. The summed E-state index contributed by atoms with van der Waals surface area (Å²) in [5.74, 6) is -1.41. The van der Waals surface area contributed by atoms with E-state index in [1.807, 2.05) is 0 Å². The molecule has 1 amide bonds. The maximum absolute atomic E-state index is 11.4. The number of hydrogen-bond donors (Lipinski definition) is 3. The van der Waals surface area contributed by atoms with Crippen LogP contribution in [0.3, 0.4) is 0 Å². The Morgan fingerprint density at radius 1 is 1.42 bits per heavy atom. The first kappa shape index (κ1) is 19.2. The van der Waals surface area contributed by atoms with Crippen molar-refractivity contribution in [3.05, 3.63) is 40.3 Å². The summed E-state index contributed by atoms with van der Waals surface area (Å²) in [6.07, 6.45) is 0. The van der Waals surface area contributed by atoms with Crippen molar-refractivity contribution < 1.29 is 29.3 Å². The first-order chi connectivity index (χ1) is 11.6. The molecule has 0 heterocycles. The molecule has 0 aliphatic carbocycles. The van der Waals surface area contributed by atoms with E-state index < -0.39 is 24.5 Å². The summed E-state index contributed by atoms with van der Waals surface area (Å²) in [6, 6.07) is 5.67. The Balaban J connectivity index is 2.48. The Bertz CT molecular complexity index is 603. The van der Waals surface area contributed by atoms with Crippen molar-refractivity contribution in [3.8, 4) is 5.75 Å². The lowest BCUT2D eigenvalue weighted by molar-refractivity contribution is -0.143. The third-order valence-electron chi connectivity index (χ3n) is 2.72. The van der Waals surface area contributed by atoms with Crippen molar-refractivity contribution in [3.63, 3.8) is 0 Å². The number of carboxylic acids is 1. The number of ether oxygens (including phenoxy) is 2. The Morgan fingerprint density at radius 2 is 2.21 bits per heavy atom. The van der Waals surface area contributed by atoms with Crippen molar-refractivity contribution >= 4 is 11.9 Å². The van der Waals surface area contributed by atoms with Crippen LogP contribution in [0.25, 0.3) is 10.4 Å². The van der Waals surface area contributed by atoms with Crippen molar-refractivity contribution in [2.75, 3.05) is 26.4 Å². The van der Waals surface area contributed by atoms with Crippen LogP contribution in [0.2, 0.25) is 0 Å². The minimum absolute atomic E-state index is 0.101. The molecule has 1 atom stereocenters. The van der Waals surface area contributed by atoms with Crippen LogP contribution in [0.4, 0.5) is 0 Å². The van der Waals surface area contributed by atoms with Gasteiger partial charge in [0.15, 0.2) is 6.04 Å². The smallest absolute Gasteiger partial charge is 0.328 e. The number of aliphatic hydroxyl groups is 1. The molecule has 0 bridgehead atoms. The molecule has 0 saturated heterocycles. The predicted octanol–water partition coefficient (Wildman–Crippen LogP) is 0.454. The van der Waals surface area contributed by atoms with Crippen molar-refractivity contribution in [1.82, 2.24) is 5.32 Å². The highest BCUT2D eigenvalue weighted by Gasteiger charge is 2.19. The number of aliphatic hydroxyl groups excluding tert-OH is 1. The van der Waals surface area contributed by atoms with Gasteiger partial charge in [-0.15, -0.1) is 0 Å². The normalized spacial score (nSPS) is 11.2. The molecule has 24 heavy (non-hydrogen) atoms. The second kappa shape index (κ2) is 10.8. The van der Waals surface area contributed by atoms with Crippen molar-refractivity contribution in [2.45, 2.75) is 12.6 Å². The van der Waals surface area contributed by atoms with Gasteiger partial charge < -0.3 is 25.0 Å². The van der Waals surface area contributed by atoms with E-state index in [2.05, 4.69) is 15.3 Å². The molecule has 0 saturated carbocycles. The molecule has 130 valence electrons. The second-order valence-electron chi connectivity index (χ2n) is 4.58. The summed E-state index contributed by atoms with van der Waals surface area (Å²) < 4.78 is 10.6. The van der Waals surface area contributed by atoms with Gasteiger partial charge in [0.2, 0.25) is 5.91 Å². The SMILES string of the molecule is [N-]=[N+]=NCC(=O)NC(COCc1cccc(OCCO)c1)C(=O)O. The van der Waals surface area contributed by atoms with Gasteiger partial charge in [0.05, 0.1) is 19.8 Å². The number of rotatable bonds is 11. The van der Waals surface area contributed by atoms with Crippen LogP contribution in [-0.4, -0.2) is 54.5 Å². The van der Waals surface area contributed by atoms with E-state index in [9.17, 15) is 9.59 Å². The van der Waals surface area contributed by atoms with Gasteiger partial charge in [-0.1, -0.05) is 17.2 Å². The first-order valence-electron chi connectivity index (χ1n) is 7.00. The molecule has 0 aliphatic heterocycles. The van der Waals surface area contributed by atoms with Crippen LogP contribution in [0, 0.1) is 0 Å². The molecule has 0 aromatic heterocycles. The lowest BCUT2D eigenvalue weighted by Crippen LogP contribution is -2.44. The zero-order valence-electron chi connectivity index (χ0n) is 12.8. The molecule has 1 rings (SSSR count). The molecule has 10 heteroatoms. The van der Waals surface area contributed by atoms with E-state index in [-0.39, 0.29) is 26.4 Å². The third kappa shape index (κ3) is 7.45. The van der Waals surface area contributed by atoms with Crippen LogP contribution >= 0.6 is 0 Å². The molecular formula is C14H18N4O6. The molecular weight excluding hydrogens is 320 g/mol. The number of nitrogens with zero attached hydrogens (tertiary/aromatic N) is 3. The summed E-state index contributed by atoms with van der Waals surface area (Å²) in [5, 5.41) is 23.0. The summed E-state index contributed by atoms with van der Waals surface area (Å²) in [7, 11) is 0. The highest BCUT2D eigenvalue weighted by atomic mass is 16.5. The van der Waals surface area contributed by atoms with E-state index in [0.717, 1.165) is 5.56 Å². The summed E-state index contributed by atoms with van der Waals surface area (Å²) >= 11 is 0. The van der Waals surface area contributed by atoms with E-state index >= 15 is 0 Å². The molecule has 1 aromatic carbocycles. The lowest BCUT2D eigenvalue weighted by atomic mass is 10.2. The van der Waals surface area contributed by atoms with Gasteiger partial charge in [-0.05, 0) is 23.2 Å². The topological polar surface area (TPSA) is 154 Å². The van der Waals surface area contributed by atoms with Crippen LogP contribution < -0.4 is 10.1 Å². The van der Waals surface area contributed by atoms with Gasteiger partial charge in [0.1, 0.15) is 18.9 Å². The monoisotopic (exact) mass is 338 g/mol. The minimum atomic E-state index is -1.26. The fraction of sp³-hybridized carbons (Fsp3) is 0.429.